The lowest BCUT2D eigenvalue weighted by atomic mass is 10.1. The van der Waals surface area contributed by atoms with E-state index >= 15 is 0 Å². The highest BCUT2D eigenvalue weighted by molar-refractivity contribution is 6.04. The zero-order valence-electron chi connectivity index (χ0n) is 13.1. The summed E-state index contributed by atoms with van der Waals surface area (Å²) in [5, 5.41) is 21.2. The lowest BCUT2D eigenvalue weighted by Gasteiger charge is -2.31. The van der Waals surface area contributed by atoms with E-state index in [0.717, 1.165) is 37.7 Å². The number of aliphatic hydroxyl groups is 1. The second-order valence-electron chi connectivity index (χ2n) is 5.88. The van der Waals surface area contributed by atoms with Gasteiger partial charge in [0.05, 0.1) is 11.8 Å². The van der Waals surface area contributed by atoms with Crippen molar-refractivity contribution in [3.63, 3.8) is 0 Å². The van der Waals surface area contributed by atoms with Crippen LogP contribution in [0.3, 0.4) is 0 Å². The number of phenolic OH excluding ortho intramolecular Hbond substituents is 1. The maximum atomic E-state index is 13.7. The van der Waals surface area contributed by atoms with E-state index in [2.05, 4.69) is 10.2 Å². The van der Waals surface area contributed by atoms with Crippen molar-refractivity contribution < 1.29 is 19.4 Å². The highest BCUT2D eigenvalue weighted by atomic mass is 19.1. The van der Waals surface area contributed by atoms with Gasteiger partial charge in [-0.05, 0) is 49.2 Å². The van der Waals surface area contributed by atoms with Crippen molar-refractivity contribution in [2.24, 2.45) is 0 Å². The van der Waals surface area contributed by atoms with E-state index in [-0.39, 0.29) is 17.5 Å². The number of phenols is 1. The molecular formula is C18H19FN2O3. The number of aliphatic hydroxyl groups excluding tert-OH is 1. The SMILES string of the molecule is O=C(Nc1ccc(O)cc1F)c1ccc(N2CCC(O)CC2)cc1. The van der Waals surface area contributed by atoms with Crippen LogP contribution in [0.1, 0.15) is 23.2 Å². The first kappa shape index (κ1) is 16.3. The average molecular weight is 330 g/mol. The molecular weight excluding hydrogens is 311 g/mol. The monoisotopic (exact) mass is 330 g/mol. The fourth-order valence-electron chi connectivity index (χ4n) is 2.75. The molecule has 126 valence electrons. The van der Waals surface area contributed by atoms with Crippen LogP contribution in [0.15, 0.2) is 42.5 Å². The second-order valence-corrected chi connectivity index (χ2v) is 5.88. The van der Waals surface area contributed by atoms with Gasteiger partial charge in [-0.25, -0.2) is 4.39 Å². The molecule has 0 aromatic heterocycles. The van der Waals surface area contributed by atoms with Crippen molar-refractivity contribution in [3.05, 3.63) is 53.8 Å². The predicted molar refractivity (Wildman–Crippen MR) is 89.9 cm³/mol. The Morgan fingerprint density at radius 2 is 1.79 bits per heavy atom. The molecule has 0 radical (unpaired) electrons. The Balaban J connectivity index is 1.67. The van der Waals surface area contributed by atoms with Gasteiger partial charge in [0.25, 0.3) is 5.91 Å². The molecule has 1 fully saturated rings. The number of anilines is 2. The first-order chi connectivity index (χ1) is 11.5. The number of hydrogen-bond donors (Lipinski definition) is 3. The Morgan fingerprint density at radius 1 is 1.12 bits per heavy atom. The van der Waals surface area contributed by atoms with Crippen LogP contribution in [0.5, 0.6) is 5.75 Å². The van der Waals surface area contributed by atoms with Gasteiger partial charge in [0.15, 0.2) is 0 Å². The van der Waals surface area contributed by atoms with Crippen LogP contribution in [0.25, 0.3) is 0 Å². The summed E-state index contributed by atoms with van der Waals surface area (Å²) in [6, 6.07) is 10.6. The maximum absolute atomic E-state index is 13.7. The number of nitrogens with zero attached hydrogens (tertiary/aromatic N) is 1. The van der Waals surface area contributed by atoms with Crippen LogP contribution in [-0.4, -0.2) is 35.3 Å². The first-order valence-electron chi connectivity index (χ1n) is 7.86. The quantitative estimate of drug-likeness (QED) is 0.757. The molecule has 1 heterocycles. The van der Waals surface area contributed by atoms with Crippen LogP contribution in [-0.2, 0) is 0 Å². The van der Waals surface area contributed by atoms with Gasteiger partial charge in [0.1, 0.15) is 11.6 Å². The largest absolute Gasteiger partial charge is 0.508 e. The molecule has 0 saturated carbocycles. The Labute approximate surface area is 139 Å². The second kappa shape index (κ2) is 6.88. The van der Waals surface area contributed by atoms with Crippen molar-refractivity contribution in [1.29, 1.82) is 0 Å². The summed E-state index contributed by atoms with van der Waals surface area (Å²) in [5.74, 6) is -1.30. The number of benzene rings is 2. The summed E-state index contributed by atoms with van der Waals surface area (Å²) in [6.45, 7) is 1.57. The molecule has 1 saturated heterocycles. The van der Waals surface area contributed by atoms with Crippen LogP contribution in [0.2, 0.25) is 0 Å². The van der Waals surface area contributed by atoms with Gasteiger partial charge in [0.2, 0.25) is 0 Å². The third-order valence-electron chi connectivity index (χ3n) is 4.16. The Bertz CT molecular complexity index is 726. The van der Waals surface area contributed by atoms with E-state index in [9.17, 15) is 19.4 Å². The molecule has 3 rings (SSSR count). The summed E-state index contributed by atoms with van der Waals surface area (Å²) >= 11 is 0. The van der Waals surface area contributed by atoms with E-state index in [4.69, 9.17) is 0 Å². The van der Waals surface area contributed by atoms with E-state index in [1.807, 2.05) is 12.1 Å². The van der Waals surface area contributed by atoms with E-state index in [1.165, 1.54) is 12.1 Å². The van der Waals surface area contributed by atoms with Gasteiger partial charge in [-0.3, -0.25) is 4.79 Å². The third-order valence-corrected chi connectivity index (χ3v) is 4.16. The zero-order chi connectivity index (χ0) is 17.1. The van der Waals surface area contributed by atoms with Crippen molar-refractivity contribution in [1.82, 2.24) is 0 Å². The Kier molecular flexibility index (Phi) is 4.66. The number of nitrogens with one attached hydrogen (secondary N) is 1. The predicted octanol–water partition coefficient (Wildman–Crippen LogP) is 2.74. The molecule has 1 aliphatic heterocycles. The minimum atomic E-state index is -0.688. The highest BCUT2D eigenvalue weighted by Gasteiger charge is 2.17. The molecule has 0 aliphatic carbocycles. The van der Waals surface area contributed by atoms with E-state index in [1.54, 1.807) is 12.1 Å². The van der Waals surface area contributed by atoms with Crippen molar-refractivity contribution in [2.45, 2.75) is 18.9 Å². The van der Waals surface area contributed by atoms with E-state index in [0.29, 0.717) is 5.56 Å². The number of rotatable bonds is 3. The number of halogens is 1. The first-order valence-corrected chi connectivity index (χ1v) is 7.86. The number of hydrogen-bond acceptors (Lipinski definition) is 4. The summed E-state index contributed by atoms with van der Waals surface area (Å²) in [7, 11) is 0. The zero-order valence-corrected chi connectivity index (χ0v) is 13.1. The molecule has 0 spiro atoms. The molecule has 24 heavy (non-hydrogen) atoms. The molecule has 1 aliphatic rings. The van der Waals surface area contributed by atoms with Gasteiger partial charge < -0.3 is 20.4 Å². The molecule has 1 amide bonds. The molecule has 0 atom stereocenters. The maximum Gasteiger partial charge on any atom is 0.255 e. The van der Waals surface area contributed by atoms with Crippen molar-refractivity contribution in [3.8, 4) is 5.75 Å². The number of carbonyl (C=O) groups is 1. The van der Waals surface area contributed by atoms with Gasteiger partial charge in [-0.1, -0.05) is 0 Å². The molecule has 6 heteroatoms. The highest BCUT2D eigenvalue weighted by Crippen LogP contribution is 2.22. The normalized spacial score (nSPS) is 15.3. The van der Waals surface area contributed by atoms with Gasteiger partial charge >= 0.3 is 0 Å². The van der Waals surface area contributed by atoms with Crippen molar-refractivity contribution >= 4 is 17.3 Å². The summed E-state index contributed by atoms with van der Waals surface area (Å²) in [4.78, 5) is 14.4. The number of aromatic hydroxyl groups is 1. The smallest absolute Gasteiger partial charge is 0.255 e. The fraction of sp³-hybridized carbons (Fsp3) is 0.278. The number of amides is 1. The van der Waals surface area contributed by atoms with Crippen LogP contribution in [0.4, 0.5) is 15.8 Å². The van der Waals surface area contributed by atoms with Crippen LogP contribution in [0, 0.1) is 5.82 Å². The molecule has 0 unspecified atom stereocenters. The summed E-state index contributed by atoms with van der Waals surface area (Å²) < 4.78 is 13.7. The molecule has 2 aromatic carbocycles. The lowest BCUT2D eigenvalue weighted by Crippen LogP contribution is -2.35. The van der Waals surface area contributed by atoms with Gasteiger partial charge in [-0.15, -0.1) is 0 Å². The standard InChI is InChI=1S/C18H19FN2O3/c19-16-11-15(23)5-6-17(16)20-18(24)12-1-3-13(4-2-12)21-9-7-14(22)8-10-21/h1-6,11,14,22-23H,7-10H2,(H,20,24). The van der Waals surface area contributed by atoms with Crippen molar-refractivity contribution in [2.75, 3.05) is 23.3 Å². The topological polar surface area (TPSA) is 72.8 Å². The van der Waals surface area contributed by atoms with Gasteiger partial charge in [-0.2, -0.15) is 0 Å². The third kappa shape index (κ3) is 3.65. The minimum absolute atomic E-state index is 0.0203. The molecule has 3 N–H and O–H groups in total. The summed E-state index contributed by atoms with van der Waals surface area (Å²) in [5.41, 5.74) is 1.43. The Hall–Kier alpha value is -2.60. The number of carbonyl (C=O) groups excluding carboxylic acids is 1. The van der Waals surface area contributed by atoms with Gasteiger partial charge in [0, 0.05) is 30.4 Å². The number of piperidine rings is 1. The Morgan fingerprint density at radius 3 is 2.42 bits per heavy atom. The summed E-state index contributed by atoms with van der Waals surface area (Å²) in [6.07, 6.45) is 1.25. The molecule has 2 aromatic rings. The molecule has 0 bridgehead atoms. The van der Waals surface area contributed by atoms with Crippen LogP contribution < -0.4 is 10.2 Å². The lowest BCUT2D eigenvalue weighted by molar-refractivity contribution is 0.102. The average Bonchev–Trinajstić information content (AvgIpc) is 2.58. The minimum Gasteiger partial charge on any atom is -0.508 e. The van der Waals surface area contributed by atoms with E-state index < -0.39 is 11.7 Å². The molecule has 5 nitrogen and oxygen atoms in total. The van der Waals surface area contributed by atoms with Crippen LogP contribution >= 0.6 is 0 Å². The fourth-order valence-corrected chi connectivity index (χ4v) is 2.75.